The van der Waals surface area contributed by atoms with E-state index in [0.29, 0.717) is 222 Å². The van der Waals surface area contributed by atoms with E-state index in [4.69, 9.17) is 64.4 Å². The lowest BCUT2D eigenvalue weighted by molar-refractivity contribution is -0.167. The summed E-state index contributed by atoms with van der Waals surface area (Å²) in [4.78, 5) is 155. The lowest BCUT2D eigenvalue weighted by Gasteiger charge is -2.36. The van der Waals surface area contributed by atoms with Gasteiger partial charge in [-0.15, -0.1) is 0 Å². The number of aliphatic hydroxyl groups is 1. The minimum absolute atomic E-state index is 0.0388. The number of amides is 4. The topological polar surface area (TPSA) is 435 Å². The Bertz CT molecular complexity index is 5310. The number of cyclic esters (lactones) is 1. The normalized spacial score (nSPS) is 24.4. The number of piperidine rings is 1. The number of allylic oxidation sites excluding steroid dienone is 6. The Morgan fingerprint density at radius 2 is 1.41 bits per heavy atom. The van der Waals surface area contributed by atoms with E-state index < -0.39 is 59.9 Å². The number of esters is 1. The van der Waals surface area contributed by atoms with Crippen LogP contribution in [0.3, 0.4) is 0 Å². The number of ether oxygens (including phenoxy) is 8. The molecular weight excluding hydrogens is 1690 g/mol. The number of ketones is 3. The van der Waals surface area contributed by atoms with Gasteiger partial charge in [0.15, 0.2) is 5.65 Å². The van der Waals surface area contributed by atoms with Crippen LogP contribution in [-0.4, -0.2) is 272 Å². The maximum absolute atomic E-state index is 14.5. The molecule has 2 bridgehead atoms. The molecule has 9 atom stereocenters. The Morgan fingerprint density at radius 1 is 0.674 bits per heavy atom. The van der Waals surface area contributed by atoms with Gasteiger partial charge >= 0.3 is 12.1 Å². The van der Waals surface area contributed by atoms with E-state index in [1.165, 1.54) is 23.0 Å². The molecule has 7 N–H and O–H groups in total. The van der Waals surface area contributed by atoms with Crippen LogP contribution in [0.2, 0.25) is 0 Å². The first-order chi connectivity index (χ1) is 64.0. The monoisotopic (exact) mass is 1820 g/mol. The third-order valence-corrected chi connectivity index (χ3v) is 26.4. The highest BCUT2D eigenvalue weighted by molar-refractivity contribution is 6.38. The number of aromatic nitrogens is 10. The number of piperazine rings is 1. The van der Waals surface area contributed by atoms with Crippen molar-refractivity contribution in [1.82, 2.24) is 69.7 Å². The molecule has 7 aliphatic rings. The molecule has 0 spiro atoms. The number of hydrogen-bond donors (Lipinski definition) is 5. The molecule has 708 valence electrons. The van der Waals surface area contributed by atoms with E-state index in [9.17, 15) is 43.5 Å². The summed E-state index contributed by atoms with van der Waals surface area (Å²) in [6.07, 6.45) is 24.8. The van der Waals surface area contributed by atoms with Crippen molar-refractivity contribution in [2.24, 2.45) is 23.7 Å². The number of rotatable bonds is 26. The van der Waals surface area contributed by atoms with Crippen molar-refractivity contribution >= 4 is 92.7 Å². The number of hydrogen-bond acceptors (Lipinski definition) is 29. The number of H-pyrrole nitrogens is 1. The minimum atomic E-state index is -1.09. The van der Waals surface area contributed by atoms with Crippen LogP contribution in [-0.2, 0) is 99.1 Å². The van der Waals surface area contributed by atoms with Gasteiger partial charge in [-0.2, -0.15) is 10.1 Å². The Labute approximate surface area is 770 Å². The number of benzene rings is 1. The van der Waals surface area contributed by atoms with Crippen LogP contribution in [0.4, 0.5) is 28.3 Å². The zero-order valence-electron chi connectivity index (χ0n) is 76.9. The maximum atomic E-state index is 14.5. The molecule has 1 aromatic carbocycles. The number of carbonyl (C=O) groups excluding carboxylic acids is 8. The molecule has 12 heterocycles. The number of methoxy groups -OCH3 is 1. The number of fused-ring (bicyclic) bond motifs is 7. The fraction of sp³-hybridized carbons (Fsp3) is 0.567. The van der Waals surface area contributed by atoms with Crippen molar-refractivity contribution in [3.8, 4) is 11.3 Å². The Hall–Kier alpha value is -11.3. The molecule has 3 saturated heterocycles. The summed E-state index contributed by atoms with van der Waals surface area (Å²) in [5.41, 5.74) is 22.3. The highest BCUT2D eigenvalue weighted by Crippen LogP contribution is 2.37. The van der Waals surface area contributed by atoms with Crippen molar-refractivity contribution in [3.05, 3.63) is 143 Å². The van der Waals surface area contributed by atoms with E-state index in [-0.39, 0.29) is 110 Å². The number of carbonyl (C=O) groups is 8. The molecule has 6 aliphatic heterocycles. The fourth-order valence-corrected chi connectivity index (χ4v) is 18.6. The molecule has 1 saturated carbocycles. The average Bonchev–Trinajstić information content (AvgIpc) is 1.65. The molecule has 35 heteroatoms. The Balaban J connectivity index is 0.458. The van der Waals surface area contributed by atoms with Gasteiger partial charge in [-0.05, 0) is 156 Å². The van der Waals surface area contributed by atoms with Crippen LogP contribution >= 0.6 is 0 Å². The summed E-state index contributed by atoms with van der Waals surface area (Å²) < 4.78 is 49.3. The van der Waals surface area contributed by atoms with Gasteiger partial charge < -0.3 is 89.3 Å². The van der Waals surface area contributed by atoms with Gasteiger partial charge in [0.05, 0.1) is 107 Å². The standard InChI is InChI=1S/C97H128N18O17/c1-61-13-8-7-9-14-62(2)83(125-6)52-74-15-12-17-82(130-74)87(120)93(122)114-32-11-10-16-78(114)94(123)131-75(51-79(116)64(4)48-65(5)81(118)53-80(117)63(3)47-61)25-21-66-19-23-73(24-20-66)132-97(124)113-34-28-77-72(59-113)55-103-95(107-77)110-35-37-111(38-36-110)96-104-56-76(88(98)108-96)92(121)101-31-40-127-42-44-129-46-45-128-43-41-126-39-29-84(119)112-33-27-68-49-67(18-22-70(68)58-112)57-115-91-85(89(99)105-60-106-91)86(109-115)71-50-69-26-30-100-90(69)102-54-71/h7-9,13-14,18,22,26,30,48-50,54-56,60-61,63-64,66,73-75,78,81-83,118H,10-12,15-17,19-21,23-25,27-29,31-47,51-53,57-59H2,1-6H3,(H,100,102)(H,101,121)(H2,98,104,108)(H2,99,105,106)/b9-7?,13-8+,62-14?,65-48+/t61-,63-,64-,66?,73?,74?,75-,78+,81+,82?,83+/m1/s1. The van der Waals surface area contributed by atoms with E-state index in [0.717, 1.165) is 63.8 Å². The largest absolute Gasteiger partial charge is 0.460 e. The van der Waals surface area contributed by atoms with E-state index in [1.807, 2.05) is 84.0 Å². The molecule has 2 unspecified atom stereocenters. The predicted molar refractivity (Wildman–Crippen MR) is 494 cm³/mol. The number of anilines is 4. The summed E-state index contributed by atoms with van der Waals surface area (Å²) in [6.45, 7) is 16.9. The van der Waals surface area contributed by atoms with E-state index >= 15 is 0 Å². The Kier molecular flexibility index (Phi) is 34.3. The fourth-order valence-electron chi connectivity index (χ4n) is 18.6. The van der Waals surface area contributed by atoms with Crippen molar-refractivity contribution in [2.45, 2.75) is 219 Å². The number of nitrogens with two attached hydrogens (primary N) is 2. The quantitative estimate of drug-likeness (QED) is 0.0146. The van der Waals surface area contributed by atoms with E-state index in [1.54, 1.807) is 44.3 Å². The van der Waals surface area contributed by atoms with Crippen molar-refractivity contribution < 1.29 is 81.4 Å². The highest BCUT2D eigenvalue weighted by Gasteiger charge is 2.43. The average molecular weight is 1820 g/mol. The summed E-state index contributed by atoms with van der Waals surface area (Å²) in [5.74, 6) is -2.19. The zero-order chi connectivity index (χ0) is 92.7. The molecule has 14 rings (SSSR count). The molecule has 1 aliphatic carbocycles. The van der Waals surface area contributed by atoms with Gasteiger partial charge in [-0.25, -0.2) is 44.2 Å². The molecule has 6 aromatic heterocycles. The molecule has 4 amide bonds. The number of nitrogens with one attached hydrogen (secondary N) is 2. The van der Waals surface area contributed by atoms with Gasteiger partial charge in [-0.3, -0.25) is 28.8 Å². The lowest BCUT2D eigenvalue weighted by atomic mass is 9.83. The second-order valence-corrected chi connectivity index (χ2v) is 36.0. The second-order valence-electron chi connectivity index (χ2n) is 36.0. The molecule has 132 heavy (non-hydrogen) atoms. The zero-order valence-corrected chi connectivity index (χ0v) is 76.9. The predicted octanol–water partition coefficient (Wildman–Crippen LogP) is 9.89. The number of aromatic amines is 1. The first-order valence-corrected chi connectivity index (χ1v) is 47.0. The molecule has 35 nitrogen and oxygen atoms in total. The molecule has 0 radical (unpaired) electrons. The third-order valence-electron chi connectivity index (χ3n) is 26.4. The van der Waals surface area contributed by atoms with E-state index in [2.05, 4.69) is 58.3 Å². The summed E-state index contributed by atoms with van der Waals surface area (Å²) in [7, 11) is 1.63. The number of aliphatic hydroxyl groups excluding tert-OH is 1. The van der Waals surface area contributed by atoms with Crippen molar-refractivity contribution in [3.63, 3.8) is 0 Å². The smallest absolute Gasteiger partial charge is 0.410 e. The van der Waals surface area contributed by atoms with Crippen molar-refractivity contribution in [1.29, 1.82) is 0 Å². The molecular formula is C97H128N18O17. The van der Waals surface area contributed by atoms with Gasteiger partial charge in [-0.1, -0.05) is 75.4 Å². The van der Waals surface area contributed by atoms with Crippen LogP contribution in [0.1, 0.15) is 182 Å². The minimum Gasteiger partial charge on any atom is -0.460 e. The number of Topliss-reactive ketones (excluding diaryl/α,β-unsaturated/α-hetero) is 3. The lowest BCUT2D eigenvalue weighted by Crippen LogP contribution is -2.54. The second kappa shape index (κ2) is 46.8. The van der Waals surface area contributed by atoms with Gasteiger partial charge in [0.1, 0.15) is 65.2 Å². The summed E-state index contributed by atoms with van der Waals surface area (Å²) >= 11 is 0. The number of pyridine rings is 1. The van der Waals surface area contributed by atoms with Gasteiger partial charge in [0.25, 0.3) is 11.8 Å². The first-order valence-electron chi connectivity index (χ1n) is 47.0. The molecule has 4 fully saturated rings. The van der Waals surface area contributed by atoms with Gasteiger partial charge in [0.2, 0.25) is 23.6 Å². The Morgan fingerprint density at radius 3 is 2.17 bits per heavy atom. The van der Waals surface area contributed by atoms with Crippen molar-refractivity contribution in [2.75, 3.05) is 134 Å². The maximum Gasteiger partial charge on any atom is 0.410 e. The highest BCUT2D eigenvalue weighted by atomic mass is 16.6. The number of nitrogen functional groups attached to an aromatic ring is 2. The SMILES string of the molecule is CO[C@H]1CC2CCCC(O2)C(=O)C(=O)N2CCCC[C@H]2C(=O)O[C@H](CCC2CCC(OC(=O)N3CCc4nc(N5CCN(c6ncc(C(=O)NCCOCCOCCOCCOCCC(=O)N7CCc8cc(Cn9nc(-c%10cnc%11[nH]ccc%11c%10)c%10c(N)ncnc%109)ccc8C7)c(N)n6)CC5)ncc4C3)CC2)CC(=O)[C@H](C)/C=C(\C)[C@@H](O)CC(=O)[C@H](C)C[C@H](C)/C=C/C=CC=C1C. The van der Waals surface area contributed by atoms with Crippen LogP contribution in [0.5, 0.6) is 0 Å². The molecule has 7 aromatic rings. The van der Waals surface area contributed by atoms with Crippen LogP contribution in [0, 0.1) is 23.7 Å². The third kappa shape index (κ3) is 25.7. The van der Waals surface area contributed by atoms with Crippen LogP contribution in [0.25, 0.3) is 33.3 Å². The van der Waals surface area contributed by atoms with Gasteiger partial charge in [0, 0.05) is 145 Å². The first kappa shape index (κ1) is 96.7. The summed E-state index contributed by atoms with van der Waals surface area (Å²) in [6, 6.07) is 9.29. The van der Waals surface area contributed by atoms with Crippen LogP contribution in [0.15, 0.2) is 109 Å². The van der Waals surface area contributed by atoms with Crippen LogP contribution < -0.4 is 26.6 Å². The summed E-state index contributed by atoms with van der Waals surface area (Å²) in [5, 5.41) is 20.7. The number of nitrogens with zero attached hydrogens (tertiary/aromatic N) is 14.